The summed E-state index contributed by atoms with van der Waals surface area (Å²) in [6, 6.07) is 4.87. The number of halogens is 2. The van der Waals surface area contributed by atoms with Crippen molar-refractivity contribution < 1.29 is 4.79 Å². The SMILES string of the molecule is O=C(Nc1cc(Cl)cc(Cl)c1)NC1CCNC1. The fraction of sp³-hybridized carbons (Fsp3) is 0.364. The van der Waals surface area contributed by atoms with Gasteiger partial charge in [-0.05, 0) is 31.2 Å². The van der Waals surface area contributed by atoms with E-state index >= 15 is 0 Å². The Kier molecular flexibility index (Phi) is 4.10. The highest BCUT2D eigenvalue weighted by molar-refractivity contribution is 6.35. The number of hydrogen-bond acceptors (Lipinski definition) is 2. The average molecular weight is 274 g/mol. The van der Waals surface area contributed by atoms with E-state index in [4.69, 9.17) is 23.2 Å². The summed E-state index contributed by atoms with van der Waals surface area (Å²) < 4.78 is 0. The Labute approximate surface area is 110 Å². The molecule has 0 radical (unpaired) electrons. The zero-order chi connectivity index (χ0) is 12.3. The normalized spacial score (nSPS) is 19.1. The molecule has 0 saturated carbocycles. The molecule has 1 unspecified atom stereocenters. The van der Waals surface area contributed by atoms with Crippen LogP contribution in [0.2, 0.25) is 10.0 Å². The second-order valence-corrected chi connectivity index (χ2v) is 4.82. The van der Waals surface area contributed by atoms with Gasteiger partial charge in [0.1, 0.15) is 0 Å². The first kappa shape index (κ1) is 12.5. The zero-order valence-electron chi connectivity index (χ0n) is 9.09. The van der Waals surface area contributed by atoms with E-state index in [2.05, 4.69) is 16.0 Å². The Morgan fingerprint density at radius 3 is 2.59 bits per heavy atom. The van der Waals surface area contributed by atoms with Gasteiger partial charge in [-0.25, -0.2) is 4.79 Å². The number of rotatable bonds is 2. The molecule has 1 aromatic rings. The molecular weight excluding hydrogens is 261 g/mol. The summed E-state index contributed by atoms with van der Waals surface area (Å²) >= 11 is 11.7. The van der Waals surface area contributed by atoms with Crippen molar-refractivity contribution in [1.82, 2.24) is 10.6 Å². The molecule has 1 saturated heterocycles. The number of nitrogens with one attached hydrogen (secondary N) is 3. The van der Waals surface area contributed by atoms with Crippen molar-refractivity contribution in [2.24, 2.45) is 0 Å². The van der Waals surface area contributed by atoms with Crippen LogP contribution in [0.25, 0.3) is 0 Å². The molecule has 1 aromatic carbocycles. The van der Waals surface area contributed by atoms with Crippen molar-refractivity contribution in [3.63, 3.8) is 0 Å². The summed E-state index contributed by atoms with van der Waals surface area (Å²) in [5, 5.41) is 9.74. The van der Waals surface area contributed by atoms with Gasteiger partial charge in [-0.3, -0.25) is 0 Å². The summed E-state index contributed by atoms with van der Waals surface area (Å²) in [5.41, 5.74) is 0.589. The van der Waals surface area contributed by atoms with Crippen LogP contribution in [0, 0.1) is 0 Å². The molecule has 0 spiro atoms. The van der Waals surface area contributed by atoms with Crippen LogP contribution >= 0.6 is 23.2 Å². The fourth-order valence-electron chi connectivity index (χ4n) is 1.76. The van der Waals surface area contributed by atoms with Crippen molar-refractivity contribution in [2.45, 2.75) is 12.5 Å². The summed E-state index contributed by atoms with van der Waals surface area (Å²) in [7, 11) is 0. The van der Waals surface area contributed by atoms with Gasteiger partial charge in [-0.15, -0.1) is 0 Å². The third-order valence-electron chi connectivity index (χ3n) is 2.52. The van der Waals surface area contributed by atoms with Gasteiger partial charge < -0.3 is 16.0 Å². The third kappa shape index (κ3) is 3.77. The van der Waals surface area contributed by atoms with E-state index in [1.54, 1.807) is 18.2 Å². The van der Waals surface area contributed by atoms with Crippen molar-refractivity contribution in [3.05, 3.63) is 28.2 Å². The molecule has 3 N–H and O–H groups in total. The molecule has 1 fully saturated rings. The van der Waals surface area contributed by atoms with E-state index in [-0.39, 0.29) is 12.1 Å². The first-order chi connectivity index (χ1) is 8.13. The first-order valence-corrected chi connectivity index (χ1v) is 6.13. The standard InChI is InChI=1S/C11H13Cl2N3O/c12-7-3-8(13)5-10(4-7)16-11(17)15-9-1-2-14-6-9/h3-5,9,14H,1-2,6H2,(H2,15,16,17). The topological polar surface area (TPSA) is 53.2 Å². The van der Waals surface area contributed by atoms with Crippen LogP contribution in [-0.4, -0.2) is 25.2 Å². The smallest absolute Gasteiger partial charge is 0.319 e. The molecule has 92 valence electrons. The van der Waals surface area contributed by atoms with E-state index in [1.807, 2.05) is 0 Å². The molecule has 6 heteroatoms. The number of urea groups is 1. The monoisotopic (exact) mass is 273 g/mol. The minimum Gasteiger partial charge on any atom is -0.334 e. The highest BCUT2D eigenvalue weighted by Gasteiger charge is 2.16. The molecule has 0 bridgehead atoms. The van der Waals surface area contributed by atoms with Crippen LogP contribution in [0.3, 0.4) is 0 Å². The minimum absolute atomic E-state index is 0.185. The lowest BCUT2D eigenvalue weighted by Gasteiger charge is -2.12. The number of carbonyl (C=O) groups is 1. The Balaban J connectivity index is 1.92. The molecule has 1 heterocycles. The van der Waals surface area contributed by atoms with E-state index < -0.39 is 0 Å². The molecule has 1 aliphatic rings. The fourth-order valence-corrected chi connectivity index (χ4v) is 2.28. The molecule has 0 aromatic heterocycles. The average Bonchev–Trinajstić information content (AvgIpc) is 2.67. The molecule has 17 heavy (non-hydrogen) atoms. The molecule has 4 nitrogen and oxygen atoms in total. The van der Waals surface area contributed by atoms with Gasteiger partial charge in [-0.2, -0.15) is 0 Å². The van der Waals surface area contributed by atoms with Crippen molar-refractivity contribution in [3.8, 4) is 0 Å². The molecule has 0 aliphatic carbocycles. The Morgan fingerprint density at radius 2 is 2.00 bits per heavy atom. The Morgan fingerprint density at radius 1 is 1.29 bits per heavy atom. The van der Waals surface area contributed by atoms with Crippen molar-refractivity contribution in [2.75, 3.05) is 18.4 Å². The van der Waals surface area contributed by atoms with Gasteiger partial charge in [0.05, 0.1) is 0 Å². The van der Waals surface area contributed by atoms with Crippen LogP contribution in [-0.2, 0) is 0 Å². The summed E-state index contributed by atoms with van der Waals surface area (Å²) in [6.07, 6.45) is 0.948. The lowest BCUT2D eigenvalue weighted by molar-refractivity contribution is 0.249. The number of benzene rings is 1. The lowest BCUT2D eigenvalue weighted by Crippen LogP contribution is -2.39. The van der Waals surface area contributed by atoms with Crippen molar-refractivity contribution in [1.29, 1.82) is 0 Å². The molecular formula is C11H13Cl2N3O. The van der Waals surface area contributed by atoms with Gasteiger partial charge >= 0.3 is 6.03 Å². The second-order valence-electron chi connectivity index (χ2n) is 3.95. The van der Waals surface area contributed by atoms with Crippen LogP contribution in [0.15, 0.2) is 18.2 Å². The summed E-state index contributed by atoms with van der Waals surface area (Å²) in [4.78, 5) is 11.7. The largest absolute Gasteiger partial charge is 0.334 e. The quantitative estimate of drug-likeness (QED) is 0.776. The number of carbonyl (C=O) groups excluding carboxylic acids is 1. The number of hydrogen-bond donors (Lipinski definition) is 3. The molecule has 2 amide bonds. The maximum atomic E-state index is 11.7. The molecule has 1 aliphatic heterocycles. The van der Waals surface area contributed by atoms with Crippen molar-refractivity contribution >= 4 is 34.9 Å². The Bertz CT molecular complexity index is 399. The van der Waals surface area contributed by atoms with Gasteiger partial charge in [0, 0.05) is 28.3 Å². The van der Waals surface area contributed by atoms with E-state index in [0.717, 1.165) is 19.5 Å². The van der Waals surface area contributed by atoms with Crippen LogP contribution in [0.5, 0.6) is 0 Å². The van der Waals surface area contributed by atoms with Gasteiger partial charge in [0.25, 0.3) is 0 Å². The van der Waals surface area contributed by atoms with E-state index in [9.17, 15) is 4.79 Å². The lowest BCUT2D eigenvalue weighted by atomic mass is 10.3. The van der Waals surface area contributed by atoms with Crippen LogP contribution < -0.4 is 16.0 Å². The highest BCUT2D eigenvalue weighted by atomic mass is 35.5. The molecule has 1 atom stereocenters. The molecule has 2 rings (SSSR count). The Hall–Kier alpha value is -0.970. The first-order valence-electron chi connectivity index (χ1n) is 5.38. The van der Waals surface area contributed by atoms with Gasteiger partial charge in [0.2, 0.25) is 0 Å². The highest BCUT2D eigenvalue weighted by Crippen LogP contribution is 2.22. The van der Waals surface area contributed by atoms with Crippen LogP contribution in [0.1, 0.15) is 6.42 Å². The number of anilines is 1. The maximum absolute atomic E-state index is 11.7. The predicted octanol–water partition coefficient (Wildman–Crippen LogP) is 2.48. The zero-order valence-corrected chi connectivity index (χ0v) is 10.6. The third-order valence-corrected chi connectivity index (χ3v) is 2.95. The van der Waals surface area contributed by atoms with E-state index in [0.29, 0.717) is 15.7 Å². The van der Waals surface area contributed by atoms with Crippen LogP contribution in [0.4, 0.5) is 10.5 Å². The maximum Gasteiger partial charge on any atom is 0.319 e. The van der Waals surface area contributed by atoms with Gasteiger partial charge in [-0.1, -0.05) is 23.2 Å². The summed E-state index contributed by atoms with van der Waals surface area (Å²) in [5.74, 6) is 0. The predicted molar refractivity (Wildman–Crippen MR) is 69.9 cm³/mol. The summed E-state index contributed by atoms with van der Waals surface area (Å²) in [6.45, 7) is 1.75. The minimum atomic E-state index is -0.239. The van der Waals surface area contributed by atoms with E-state index in [1.165, 1.54) is 0 Å². The van der Waals surface area contributed by atoms with Gasteiger partial charge in [0.15, 0.2) is 0 Å². The second kappa shape index (κ2) is 5.58. The number of amides is 2.